The molecule has 1 aliphatic heterocycles. The zero-order valence-corrected chi connectivity index (χ0v) is 28.7. The number of piperazine rings is 1. The maximum atomic E-state index is 13.8. The zero-order chi connectivity index (χ0) is 33.3. The van der Waals surface area contributed by atoms with Crippen LogP contribution in [0.4, 0.5) is 11.6 Å². The molecule has 2 unspecified atom stereocenters. The second kappa shape index (κ2) is 17.3. The second-order valence-electron chi connectivity index (χ2n) is 11.6. The van der Waals surface area contributed by atoms with Crippen molar-refractivity contribution in [1.29, 1.82) is 0 Å². The smallest absolute Gasteiger partial charge is 0.251 e. The number of hydrogen-bond acceptors (Lipinski definition) is 10. The molecule has 47 heavy (non-hydrogen) atoms. The number of nitrogens with zero attached hydrogens (tertiary/aromatic N) is 2. The molecule has 3 aromatic rings. The van der Waals surface area contributed by atoms with Gasteiger partial charge in [-0.2, -0.15) is 0 Å². The lowest BCUT2D eigenvalue weighted by molar-refractivity contribution is -0.140. The van der Waals surface area contributed by atoms with Crippen LogP contribution < -0.4 is 26.0 Å². The fourth-order valence-corrected chi connectivity index (χ4v) is 5.53. The molecule has 1 aliphatic rings. The third kappa shape index (κ3) is 11.1. The molecule has 2 amide bonds. The van der Waals surface area contributed by atoms with Crippen molar-refractivity contribution >= 4 is 45.7 Å². The van der Waals surface area contributed by atoms with Gasteiger partial charge < -0.3 is 36.0 Å². The Kier molecular flexibility index (Phi) is 13.8. The molecule has 256 valence electrons. The Bertz CT molecular complexity index is 1580. The van der Waals surface area contributed by atoms with Gasteiger partial charge in [0.1, 0.15) is 29.3 Å². The van der Waals surface area contributed by atoms with Gasteiger partial charge in [-0.25, -0.2) is 13.4 Å². The normalized spacial score (nSPS) is 16.7. The van der Waals surface area contributed by atoms with Crippen molar-refractivity contribution in [2.24, 2.45) is 0 Å². The molecule has 4 rings (SSSR count). The van der Waals surface area contributed by atoms with Gasteiger partial charge in [-0.1, -0.05) is 49.4 Å². The molecule has 1 saturated heterocycles. The first-order valence-electron chi connectivity index (χ1n) is 15.3. The lowest BCUT2D eigenvalue weighted by Crippen LogP contribution is -2.63. The van der Waals surface area contributed by atoms with Crippen LogP contribution in [0.15, 0.2) is 66.7 Å². The lowest BCUT2D eigenvalue weighted by atomic mass is 9.94. The van der Waals surface area contributed by atoms with Crippen LogP contribution in [0.25, 0.3) is 0 Å². The molecule has 4 atom stereocenters. The number of amides is 2. The van der Waals surface area contributed by atoms with Crippen molar-refractivity contribution in [3.8, 4) is 5.75 Å². The maximum absolute atomic E-state index is 13.8. The summed E-state index contributed by atoms with van der Waals surface area (Å²) in [7, 11) is -1.76. The Morgan fingerprint density at radius 3 is 2.43 bits per heavy atom. The fraction of sp³-hybridized carbons (Fsp3) is 0.424. The van der Waals surface area contributed by atoms with Crippen LogP contribution in [0, 0.1) is 0 Å². The highest BCUT2D eigenvalue weighted by Gasteiger charge is 2.38. The minimum atomic E-state index is -3.36. The molecule has 1 aromatic heterocycles. The van der Waals surface area contributed by atoms with Crippen LogP contribution in [0.5, 0.6) is 5.75 Å². The van der Waals surface area contributed by atoms with Crippen LogP contribution >= 0.6 is 12.4 Å². The highest BCUT2D eigenvalue weighted by atomic mass is 35.5. The van der Waals surface area contributed by atoms with Crippen molar-refractivity contribution in [2.75, 3.05) is 43.0 Å². The van der Waals surface area contributed by atoms with Gasteiger partial charge in [0.05, 0.1) is 19.3 Å². The number of nitrogens with one attached hydrogen (secondary N) is 4. The van der Waals surface area contributed by atoms with Gasteiger partial charge in [-0.15, -0.1) is 12.4 Å². The highest BCUT2D eigenvalue weighted by molar-refractivity contribution is 7.90. The van der Waals surface area contributed by atoms with Crippen molar-refractivity contribution in [2.45, 2.75) is 57.5 Å². The number of halogens is 1. The molecule has 2 heterocycles. The molecule has 14 heteroatoms. The van der Waals surface area contributed by atoms with E-state index in [4.69, 9.17) is 4.74 Å². The van der Waals surface area contributed by atoms with Crippen molar-refractivity contribution in [3.05, 3.63) is 83.4 Å². The molecule has 0 spiro atoms. The van der Waals surface area contributed by atoms with E-state index in [9.17, 15) is 23.1 Å². The van der Waals surface area contributed by atoms with Crippen molar-refractivity contribution in [3.63, 3.8) is 0 Å². The first-order valence-corrected chi connectivity index (χ1v) is 17.4. The van der Waals surface area contributed by atoms with Crippen molar-refractivity contribution in [1.82, 2.24) is 20.5 Å². The Hall–Kier alpha value is -3.91. The number of sulfone groups is 1. The summed E-state index contributed by atoms with van der Waals surface area (Å²) in [5.41, 5.74) is 2.01. The number of ether oxygens (including phenoxy) is 1. The topological polar surface area (TPSA) is 162 Å². The van der Waals surface area contributed by atoms with Crippen LogP contribution in [0.3, 0.4) is 0 Å². The summed E-state index contributed by atoms with van der Waals surface area (Å²) in [5.74, 6) is 0.205. The van der Waals surface area contributed by atoms with Crippen molar-refractivity contribution < 1.29 is 27.9 Å². The average Bonchev–Trinajstić information content (AvgIpc) is 3.04. The predicted octanol–water partition coefficient (Wildman–Crippen LogP) is 2.84. The number of hydrogen-bond donors (Lipinski definition) is 5. The van der Waals surface area contributed by atoms with E-state index in [-0.39, 0.29) is 48.0 Å². The van der Waals surface area contributed by atoms with Gasteiger partial charge in [-0.3, -0.25) is 9.59 Å². The molecular formula is C33H45ClN6O6S. The third-order valence-electron chi connectivity index (χ3n) is 7.83. The third-order valence-corrected chi connectivity index (χ3v) is 8.50. The van der Waals surface area contributed by atoms with Gasteiger partial charge in [0, 0.05) is 37.5 Å². The Labute approximate surface area is 283 Å². The van der Waals surface area contributed by atoms with E-state index in [1.54, 1.807) is 18.1 Å². The van der Waals surface area contributed by atoms with Gasteiger partial charge in [0.2, 0.25) is 5.91 Å². The Morgan fingerprint density at radius 1 is 1.11 bits per heavy atom. The monoisotopic (exact) mass is 688 g/mol. The van der Waals surface area contributed by atoms with Crippen LogP contribution in [-0.2, 0) is 27.6 Å². The number of carbonyl (C=O) groups is 2. The quantitative estimate of drug-likeness (QED) is 0.161. The summed E-state index contributed by atoms with van der Waals surface area (Å²) in [6.07, 6.45) is 0.897. The van der Waals surface area contributed by atoms with E-state index < -0.39 is 33.9 Å². The van der Waals surface area contributed by atoms with Crippen LogP contribution in [0.2, 0.25) is 0 Å². The minimum Gasteiger partial charge on any atom is -0.497 e. The summed E-state index contributed by atoms with van der Waals surface area (Å²) < 4.78 is 28.8. The number of benzene rings is 2. The molecule has 5 N–H and O–H groups in total. The SMILES string of the molecule is CCC(C)Nc1cc(C(=O)N[C@@H](Cc2ccccc2)[C@H](O)C2NCCN(Cc3ccc(OC)cc3)C2=O)cc(NCS(C)(=O)=O)n1.Cl. The number of carbonyl (C=O) groups excluding carboxylic acids is 2. The zero-order valence-electron chi connectivity index (χ0n) is 27.1. The Balaban J connectivity index is 0.00000600. The number of pyridine rings is 1. The largest absolute Gasteiger partial charge is 0.497 e. The first-order chi connectivity index (χ1) is 22.0. The standard InChI is InChI=1S/C33H44N6O6S.ClH/c1-5-22(2)36-29-19-25(18-28(38-29)35-21-46(4,43)44)32(41)37-27(17-23-9-7-6-8-10-23)31(40)30-33(42)39(16-15-34-30)20-24-11-13-26(45-3)14-12-24;/h6-14,18-19,22,27,30-31,34,40H,5,15-17,20-21H2,1-4H3,(H,37,41)(H2,35,36,38);1H/t22?,27-,30?,31-;/m0./s1. The molecule has 0 bridgehead atoms. The molecular weight excluding hydrogens is 644 g/mol. The van der Waals surface area contributed by atoms with Gasteiger partial charge in [0.15, 0.2) is 9.84 Å². The number of aromatic nitrogens is 1. The molecule has 1 fully saturated rings. The second-order valence-corrected chi connectivity index (χ2v) is 13.8. The van der Waals surface area contributed by atoms with E-state index in [1.165, 1.54) is 6.07 Å². The summed E-state index contributed by atoms with van der Waals surface area (Å²) in [6.45, 7) is 5.29. The molecule has 0 saturated carbocycles. The number of aliphatic hydroxyl groups is 1. The minimum absolute atomic E-state index is 0. The fourth-order valence-electron chi connectivity index (χ4n) is 5.12. The summed E-state index contributed by atoms with van der Waals surface area (Å²) in [5, 5.41) is 23.8. The molecule has 0 radical (unpaired) electrons. The van der Waals surface area contributed by atoms with E-state index >= 15 is 0 Å². The van der Waals surface area contributed by atoms with Crippen LogP contribution in [-0.4, -0.2) is 91.8 Å². The number of anilines is 2. The number of aliphatic hydroxyl groups excluding tert-OH is 1. The Morgan fingerprint density at radius 2 is 1.79 bits per heavy atom. The van der Waals surface area contributed by atoms with Gasteiger partial charge in [-0.05, 0) is 55.2 Å². The molecule has 2 aromatic carbocycles. The van der Waals surface area contributed by atoms with Gasteiger partial charge in [0.25, 0.3) is 5.91 Å². The van der Waals surface area contributed by atoms with E-state index in [2.05, 4.69) is 26.3 Å². The van der Waals surface area contributed by atoms with E-state index in [0.29, 0.717) is 25.5 Å². The van der Waals surface area contributed by atoms with E-state index in [0.717, 1.165) is 29.6 Å². The maximum Gasteiger partial charge on any atom is 0.251 e. The van der Waals surface area contributed by atoms with E-state index in [1.807, 2.05) is 68.4 Å². The molecule has 12 nitrogen and oxygen atoms in total. The lowest BCUT2D eigenvalue weighted by Gasteiger charge is -2.38. The molecule has 0 aliphatic carbocycles. The first kappa shape index (κ1) is 37.5. The predicted molar refractivity (Wildman–Crippen MR) is 186 cm³/mol. The average molecular weight is 689 g/mol. The number of methoxy groups -OCH3 is 1. The number of rotatable bonds is 15. The highest BCUT2D eigenvalue weighted by Crippen LogP contribution is 2.20. The summed E-state index contributed by atoms with van der Waals surface area (Å²) in [4.78, 5) is 33.6. The summed E-state index contributed by atoms with van der Waals surface area (Å²) in [6, 6.07) is 18.2. The van der Waals surface area contributed by atoms with Crippen LogP contribution in [0.1, 0.15) is 41.8 Å². The van der Waals surface area contributed by atoms with Gasteiger partial charge >= 0.3 is 0 Å². The summed E-state index contributed by atoms with van der Waals surface area (Å²) >= 11 is 0.